The normalized spacial score (nSPS) is 11.4. The molecule has 0 saturated heterocycles. The van der Waals surface area contributed by atoms with Crippen LogP contribution in [-0.4, -0.2) is 26.4 Å². The molecule has 0 aliphatic carbocycles. The van der Waals surface area contributed by atoms with Gasteiger partial charge in [0.05, 0.1) is 10.9 Å². The average molecular weight is 415 g/mol. The number of rotatable bonds is 5. The molecule has 3 aromatic heterocycles. The summed E-state index contributed by atoms with van der Waals surface area (Å²) >= 11 is 0. The van der Waals surface area contributed by atoms with Crippen molar-refractivity contribution in [2.45, 2.75) is 33.2 Å². The summed E-state index contributed by atoms with van der Waals surface area (Å²) in [5.74, 6) is -0.369. The van der Waals surface area contributed by atoms with E-state index >= 15 is 0 Å². The summed E-state index contributed by atoms with van der Waals surface area (Å²) in [5, 5.41) is 11.9. The molecule has 0 aliphatic heterocycles. The van der Waals surface area contributed by atoms with E-state index in [-0.39, 0.29) is 28.6 Å². The molecule has 3 heterocycles. The van der Waals surface area contributed by atoms with Crippen molar-refractivity contribution in [3.8, 4) is 0 Å². The molecule has 0 bridgehead atoms. The van der Waals surface area contributed by atoms with Crippen molar-refractivity contribution in [1.82, 2.24) is 19.3 Å². The Kier molecular flexibility index (Phi) is 5.42. The Hall–Kier alpha value is -3.74. The van der Waals surface area contributed by atoms with Crippen LogP contribution >= 0.6 is 0 Å². The van der Waals surface area contributed by atoms with E-state index in [0.717, 1.165) is 11.1 Å². The summed E-state index contributed by atoms with van der Waals surface area (Å²) in [4.78, 5) is 30.8. The van der Waals surface area contributed by atoms with Crippen LogP contribution in [0.3, 0.4) is 0 Å². The standard InChI is InChI=1S/C24H25N5O2/c1-15(2)29-21(25)18(23(30)26-12-11-17-7-5-4-6-8-17)13-19-22(29)27-20-10-9-16(3)14-28(20)24(19)31/h4-10,13-15,25H,11-12H2,1-3H3,(H,26,30). The number of carbonyl (C=O) groups is 1. The first-order valence-corrected chi connectivity index (χ1v) is 10.3. The van der Waals surface area contributed by atoms with E-state index in [0.29, 0.717) is 29.6 Å². The molecule has 0 atom stereocenters. The third kappa shape index (κ3) is 3.86. The summed E-state index contributed by atoms with van der Waals surface area (Å²) in [5.41, 5.74) is 2.93. The number of hydrogen-bond donors (Lipinski definition) is 2. The fourth-order valence-corrected chi connectivity index (χ4v) is 3.74. The lowest BCUT2D eigenvalue weighted by Crippen LogP contribution is -2.36. The summed E-state index contributed by atoms with van der Waals surface area (Å²) in [7, 11) is 0. The number of aryl methyl sites for hydroxylation is 1. The lowest BCUT2D eigenvalue weighted by Gasteiger charge is -2.17. The highest BCUT2D eigenvalue weighted by Crippen LogP contribution is 2.15. The molecule has 4 aromatic rings. The molecule has 0 saturated carbocycles. The maximum absolute atomic E-state index is 13.2. The van der Waals surface area contributed by atoms with Gasteiger partial charge in [-0.25, -0.2) is 4.98 Å². The van der Waals surface area contributed by atoms with E-state index in [9.17, 15) is 9.59 Å². The van der Waals surface area contributed by atoms with E-state index in [2.05, 4.69) is 10.3 Å². The van der Waals surface area contributed by atoms with E-state index in [1.54, 1.807) is 16.8 Å². The van der Waals surface area contributed by atoms with Gasteiger partial charge in [0, 0.05) is 18.8 Å². The van der Waals surface area contributed by atoms with Gasteiger partial charge >= 0.3 is 0 Å². The van der Waals surface area contributed by atoms with Crippen molar-refractivity contribution in [2.24, 2.45) is 0 Å². The van der Waals surface area contributed by atoms with Gasteiger partial charge in [0.1, 0.15) is 16.8 Å². The number of carbonyl (C=O) groups excluding carboxylic acids is 1. The van der Waals surface area contributed by atoms with Gasteiger partial charge in [0.25, 0.3) is 11.5 Å². The average Bonchev–Trinajstić information content (AvgIpc) is 2.74. The van der Waals surface area contributed by atoms with Gasteiger partial charge in [-0.3, -0.25) is 19.4 Å². The van der Waals surface area contributed by atoms with Crippen molar-refractivity contribution >= 4 is 22.6 Å². The predicted molar refractivity (Wildman–Crippen MR) is 120 cm³/mol. The molecule has 1 amide bonds. The molecule has 7 nitrogen and oxygen atoms in total. The lowest BCUT2D eigenvalue weighted by molar-refractivity contribution is 0.0951. The predicted octanol–water partition coefficient (Wildman–Crippen LogP) is 2.99. The second-order valence-corrected chi connectivity index (χ2v) is 7.95. The van der Waals surface area contributed by atoms with Crippen LogP contribution in [0.1, 0.15) is 41.4 Å². The number of benzene rings is 1. The Morgan fingerprint density at radius 3 is 2.61 bits per heavy atom. The van der Waals surface area contributed by atoms with Crippen molar-refractivity contribution < 1.29 is 4.79 Å². The highest BCUT2D eigenvalue weighted by Gasteiger charge is 2.18. The number of fused-ring (bicyclic) bond motifs is 2. The number of pyridine rings is 2. The molecule has 7 heteroatoms. The van der Waals surface area contributed by atoms with E-state index in [1.165, 1.54) is 10.5 Å². The maximum Gasteiger partial charge on any atom is 0.267 e. The van der Waals surface area contributed by atoms with Gasteiger partial charge in [0.2, 0.25) is 0 Å². The summed E-state index contributed by atoms with van der Waals surface area (Å²) in [6.07, 6.45) is 2.42. The third-order valence-corrected chi connectivity index (χ3v) is 5.30. The van der Waals surface area contributed by atoms with Crippen LogP contribution in [0.4, 0.5) is 0 Å². The van der Waals surface area contributed by atoms with Gasteiger partial charge in [-0.2, -0.15) is 0 Å². The molecular weight excluding hydrogens is 390 g/mol. The van der Waals surface area contributed by atoms with Crippen molar-refractivity contribution in [3.05, 3.63) is 87.3 Å². The van der Waals surface area contributed by atoms with Crippen LogP contribution in [0.2, 0.25) is 0 Å². The second kappa shape index (κ2) is 8.18. The van der Waals surface area contributed by atoms with E-state index in [4.69, 9.17) is 5.41 Å². The summed E-state index contributed by atoms with van der Waals surface area (Å²) in [6, 6.07) is 14.9. The third-order valence-electron chi connectivity index (χ3n) is 5.30. The Balaban J connectivity index is 1.80. The molecule has 1 aromatic carbocycles. The first kappa shape index (κ1) is 20.5. The monoisotopic (exact) mass is 415 g/mol. The SMILES string of the molecule is Cc1ccc2nc3c(cc(C(=O)NCCc4ccccc4)c(=N)n3C(C)C)c(=O)n2c1. The molecule has 0 fully saturated rings. The molecule has 0 aliphatic rings. The number of aromatic nitrogens is 3. The zero-order chi connectivity index (χ0) is 22.1. The zero-order valence-corrected chi connectivity index (χ0v) is 17.8. The minimum absolute atomic E-state index is 0.0445. The van der Waals surface area contributed by atoms with E-state index < -0.39 is 0 Å². The maximum atomic E-state index is 13.2. The Morgan fingerprint density at radius 2 is 1.90 bits per heavy atom. The highest BCUT2D eigenvalue weighted by atomic mass is 16.1. The Morgan fingerprint density at radius 1 is 1.16 bits per heavy atom. The number of nitrogens with one attached hydrogen (secondary N) is 2. The van der Waals surface area contributed by atoms with Crippen molar-refractivity contribution in [3.63, 3.8) is 0 Å². The second-order valence-electron chi connectivity index (χ2n) is 7.95. The number of hydrogen-bond acceptors (Lipinski definition) is 4. The summed E-state index contributed by atoms with van der Waals surface area (Å²) < 4.78 is 3.13. The molecule has 0 spiro atoms. The van der Waals surface area contributed by atoms with Crippen LogP contribution in [-0.2, 0) is 6.42 Å². The quantitative estimate of drug-likeness (QED) is 0.491. The topological polar surface area (TPSA) is 92.2 Å². The van der Waals surface area contributed by atoms with Gasteiger partial charge in [0.15, 0.2) is 0 Å². The van der Waals surface area contributed by atoms with Gasteiger partial charge in [-0.15, -0.1) is 0 Å². The molecule has 2 N–H and O–H groups in total. The largest absolute Gasteiger partial charge is 0.352 e. The van der Waals surface area contributed by atoms with Crippen molar-refractivity contribution in [1.29, 1.82) is 5.41 Å². The zero-order valence-electron chi connectivity index (χ0n) is 17.8. The molecule has 0 radical (unpaired) electrons. The number of nitrogens with zero attached hydrogens (tertiary/aromatic N) is 3. The van der Waals surface area contributed by atoms with Gasteiger partial charge in [-0.05, 0) is 50.5 Å². The molecule has 0 unspecified atom stereocenters. The first-order chi connectivity index (χ1) is 14.9. The van der Waals surface area contributed by atoms with Crippen LogP contribution in [0.5, 0.6) is 0 Å². The fraction of sp³-hybridized carbons (Fsp3) is 0.250. The molecule has 4 rings (SSSR count). The van der Waals surface area contributed by atoms with Gasteiger partial charge in [-0.1, -0.05) is 36.4 Å². The molecule has 158 valence electrons. The minimum atomic E-state index is -0.369. The summed E-state index contributed by atoms with van der Waals surface area (Å²) in [6.45, 7) is 6.17. The van der Waals surface area contributed by atoms with E-state index in [1.807, 2.05) is 57.2 Å². The molecular formula is C24H25N5O2. The fourth-order valence-electron chi connectivity index (χ4n) is 3.74. The number of amides is 1. The van der Waals surface area contributed by atoms with Crippen LogP contribution in [0.25, 0.3) is 16.7 Å². The van der Waals surface area contributed by atoms with Crippen LogP contribution in [0.15, 0.2) is 59.5 Å². The van der Waals surface area contributed by atoms with Crippen LogP contribution < -0.4 is 16.4 Å². The first-order valence-electron chi connectivity index (χ1n) is 10.3. The highest BCUT2D eigenvalue weighted by molar-refractivity contribution is 5.96. The van der Waals surface area contributed by atoms with Crippen LogP contribution in [0, 0.1) is 12.3 Å². The lowest BCUT2D eigenvalue weighted by atomic mass is 10.1. The molecule has 31 heavy (non-hydrogen) atoms. The Labute approximate surface area is 179 Å². The van der Waals surface area contributed by atoms with Crippen molar-refractivity contribution in [2.75, 3.05) is 6.54 Å². The Bertz CT molecular complexity index is 1400. The minimum Gasteiger partial charge on any atom is -0.352 e. The smallest absolute Gasteiger partial charge is 0.267 e. The van der Waals surface area contributed by atoms with Gasteiger partial charge < -0.3 is 9.88 Å².